The summed E-state index contributed by atoms with van der Waals surface area (Å²) >= 11 is 6.09. The summed E-state index contributed by atoms with van der Waals surface area (Å²) in [4.78, 5) is 0. The van der Waals surface area contributed by atoms with E-state index < -0.39 is 0 Å². The monoisotopic (exact) mass is 287 g/mol. The van der Waals surface area contributed by atoms with Gasteiger partial charge in [0, 0.05) is 11.6 Å². The van der Waals surface area contributed by atoms with Crippen molar-refractivity contribution in [1.82, 2.24) is 5.32 Å². The number of hydrogen-bond acceptors (Lipinski definition) is 2. The number of nitrogens with one attached hydrogen (secondary N) is 1. The van der Waals surface area contributed by atoms with Crippen LogP contribution < -0.4 is 5.32 Å². The maximum atomic E-state index is 6.09. The highest BCUT2D eigenvalue weighted by Gasteiger charge is 2.15. The van der Waals surface area contributed by atoms with Crippen molar-refractivity contribution in [3.05, 3.63) is 59.1 Å². The lowest BCUT2D eigenvalue weighted by atomic mass is 10.0. The van der Waals surface area contributed by atoms with Crippen LogP contribution in [0.15, 0.2) is 48.5 Å². The number of hydrogen-bond donors (Lipinski definition) is 1. The Balaban J connectivity index is 1.80. The Labute approximate surface area is 124 Å². The zero-order valence-electron chi connectivity index (χ0n) is 11.3. The van der Waals surface area contributed by atoms with E-state index in [1.807, 2.05) is 18.2 Å². The van der Waals surface area contributed by atoms with E-state index in [1.165, 1.54) is 11.1 Å². The van der Waals surface area contributed by atoms with Gasteiger partial charge in [-0.2, -0.15) is 0 Å². The lowest BCUT2D eigenvalue weighted by Gasteiger charge is -2.14. The number of ether oxygens (including phenoxy) is 1. The molecule has 1 N–H and O–H groups in total. The molecular weight excluding hydrogens is 270 g/mol. The molecule has 0 radical (unpaired) electrons. The summed E-state index contributed by atoms with van der Waals surface area (Å²) in [6.07, 6.45) is 1.43. The molecule has 20 heavy (non-hydrogen) atoms. The summed E-state index contributed by atoms with van der Waals surface area (Å²) in [6, 6.07) is 16.3. The molecule has 0 aromatic heterocycles. The number of rotatable bonds is 4. The van der Waals surface area contributed by atoms with Crippen LogP contribution in [0, 0.1) is 0 Å². The molecule has 2 aromatic rings. The van der Waals surface area contributed by atoms with Gasteiger partial charge in [-0.1, -0.05) is 48.0 Å². The van der Waals surface area contributed by atoms with E-state index in [4.69, 9.17) is 16.3 Å². The Morgan fingerprint density at radius 3 is 2.85 bits per heavy atom. The molecule has 2 aromatic carbocycles. The van der Waals surface area contributed by atoms with Crippen molar-refractivity contribution >= 4 is 11.6 Å². The molecule has 0 aliphatic carbocycles. The first kappa shape index (κ1) is 13.6. The minimum Gasteiger partial charge on any atom is -0.372 e. The summed E-state index contributed by atoms with van der Waals surface area (Å²) in [7, 11) is 0. The first-order chi connectivity index (χ1) is 9.83. The fourth-order valence-electron chi connectivity index (χ4n) is 2.56. The molecule has 104 valence electrons. The second kappa shape index (κ2) is 6.40. The smallest absolute Gasteiger partial charge is 0.0727 e. The summed E-state index contributed by atoms with van der Waals surface area (Å²) in [6.45, 7) is 2.66. The molecule has 3 rings (SSSR count). The topological polar surface area (TPSA) is 21.3 Å². The highest BCUT2D eigenvalue weighted by Crippen LogP contribution is 2.27. The molecule has 1 aliphatic rings. The zero-order valence-corrected chi connectivity index (χ0v) is 12.1. The Morgan fingerprint density at radius 2 is 2.05 bits per heavy atom. The molecule has 0 spiro atoms. The van der Waals surface area contributed by atoms with Crippen molar-refractivity contribution in [2.24, 2.45) is 0 Å². The van der Waals surface area contributed by atoms with Crippen LogP contribution in [0.5, 0.6) is 0 Å². The van der Waals surface area contributed by atoms with Crippen molar-refractivity contribution in [3.63, 3.8) is 0 Å². The molecule has 1 fully saturated rings. The van der Waals surface area contributed by atoms with Crippen LogP contribution in [-0.4, -0.2) is 19.2 Å². The van der Waals surface area contributed by atoms with Crippen LogP contribution >= 0.6 is 11.6 Å². The molecule has 0 amide bonds. The third-order valence-electron chi connectivity index (χ3n) is 3.64. The molecular formula is C17H18ClNO. The number of benzene rings is 2. The standard InChI is InChI=1S/C17H18ClNO/c18-15-6-3-5-13(10-15)17-7-2-1-4-14(17)12-20-16-8-9-19-11-16/h1-7,10,16,19H,8-9,11-12H2. The van der Waals surface area contributed by atoms with Gasteiger partial charge in [-0.3, -0.25) is 0 Å². The van der Waals surface area contributed by atoms with E-state index in [0.717, 1.165) is 30.1 Å². The average Bonchev–Trinajstić information content (AvgIpc) is 2.99. The fourth-order valence-corrected chi connectivity index (χ4v) is 2.75. The van der Waals surface area contributed by atoms with E-state index >= 15 is 0 Å². The molecule has 0 saturated carbocycles. The van der Waals surface area contributed by atoms with E-state index in [1.54, 1.807) is 0 Å². The van der Waals surface area contributed by atoms with Crippen molar-refractivity contribution in [1.29, 1.82) is 0 Å². The summed E-state index contributed by atoms with van der Waals surface area (Å²) in [5.74, 6) is 0. The van der Waals surface area contributed by atoms with E-state index in [0.29, 0.717) is 12.7 Å². The Morgan fingerprint density at radius 1 is 1.15 bits per heavy atom. The Hall–Kier alpha value is -1.35. The first-order valence-corrected chi connectivity index (χ1v) is 7.37. The summed E-state index contributed by atoms with van der Waals surface area (Å²) in [5.41, 5.74) is 3.55. The van der Waals surface area contributed by atoms with Gasteiger partial charge < -0.3 is 10.1 Å². The lowest BCUT2D eigenvalue weighted by Crippen LogP contribution is -2.16. The van der Waals surface area contributed by atoms with Gasteiger partial charge >= 0.3 is 0 Å². The van der Waals surface area contributed by atoms with Crippen molar-refractivity contribution in [3.8, 4) is 11.1 Å². The highest BCUT2D eigenvalue weighted by atomic mass is 35.5. The Bertz CT molecular complexity index is 579. The van der Waals surface area contributed by atoms with Gasteiger partial charge in [0.2, 0.25) is 0 Å². The zero-order chi connectivity index (χ0) is 13.8. The van der Waals surface area contributed by atoms with E-state index in [-0.39, 0.29) is 0 Å². The van der Waals surface area contributed by atoms with Crippen LogP contribution in [0.3, 0.4) is 0 Å². The summed E-state index contributed by atoms with van der Waals surface area (Å²) < 4.78 is 5.99. The predicted octanol–water partition coefficient (Wildman–Crippen LogP) is 3.89. The summed E-state index contributed by atoms with van der Waals surface area (Å²) in [5, 5.41) is 4.08. The van der Waals surface area contributed by atoms with Crippen molar-refractivity contribution < 1.29 is 4.74 Å². The van der Waals surface area contributed by atoms with Crippen LogP contribution in [0.4, 0.5) is 0 Å². The maximum absolute atomic E-state index is 6.09. The second-order valence-corrected chi connectivity index (χ2v) is 5.53. The minimum atomic E-state index is 0.336. The molecule has 3 heteroatoms. The second-order valence-electron chi connectivity index (χ2n) is 5.09. The maximum Gasteiger partial charge on any atom is 0.0727 e. The average molecular weight is 288 g/mol. The van der Waals surface area contributed by atoms with E-state index in [2.05, 4.69) is 35.6 Å². The van der Waals surface area contributed by atoms with Gasteiger partial charge in [-0.25, -0.2) is 0 Å². The lowest BCUT2D eigenvalue weighted by molar-refractivity contribution is 0.0545. The molecule has 1 saturated heterocycles. The van der Waals surface area contributed by atoms with Crippen molar-refractivity contribution in [2.45, 2.75) is 19.1 Å². The molecule has 1 unspecified atom stereocenters. The van der Waals surface area contributed by atoms with Crippen LogP contribution in [0.2, 0.25) is 5.02 Å². The SMILES string of the molecule is Clc1cccc(-c2ccccc2COC2CCNC2)c1. The predicted molar refractivity (Wildman–Crippen MR) is 83.0 cm³/mol. The van der Waals surface area contributed by atoms with Gasteiger partial charge in [0.25, 0.3) is 0 Å². The van der Waals surface area contributed by atoms with Gasteiger partial charge in [0.05, 0.1) is 12.7 Å². The van der Waals surface area contributed by atoms with Crippen LogP contribution in [0.1, 0.15) is 12.0 Å². The third kappa shape index (κ3) is 3.21. The van der Waals surface area contributed by atoms with E-state index in [9.17, 15) is 0 Å². The van der Waals surface area contributed by atoms with Gasteiger partial charge in [-0.15, -0.1) is 0 Å². The quantitative estimate of drug-likeness (QED) is 0.921. The molecule has 1 atom stereocenters. The van der Waals surface area contributed by atoms with Crippen LogP contribution in [-0.2, 0) is 11.3 Å². The number of halogens is 1. The molecule has 2 nitrogen and oxygen atoms in total. The normalized spacial score (nSPS) is 18.4. The van der Waals surface area contributed by atoms with Gasteiger partial charge in [0.15, 0.2) is 0 Å². The highest BCUT2D eigenvalue weighted by molar-refractivity contribution is 6.30. The fraction of sp³-hybridized carbons (Fsp3) is 0.294. The molecule has 1 heterocycles. The first-order valence-electron chi connectivity index (χ1n) is 6.99. The molecule has 0 bridgehead atoms. The minimum absolute atomic E-state index is 0.336. The van der Waals surface area contributed by atoms with Gasteiger partial charge in [0.1, 0.15) is 0 Å². The Kier molecular flexibility index (Phi) is 4.36. The van der Waals surface area contributed by atoms with Crippen LogP contribution in [0.25, 0.3) is 11.1 Å². The van der Waals surface area contributed by atoms with Crippen molar-refractivity contribution in [2.75, 3.05) is 13.1 Å². The molecule has 1 aliphatic heterocycles. The largest absolute Gasteiger partial charge is 0.372 e. The third-order valence-corrected chi connectivity index (χ3v) is 3.88. The van der Waals surface area contributed by atoms with Gasteiger partial charge in [-0.05, 0) is 41.8 Å².